The molecule has 3 nitrogen and oxygen atoms in total. The number of ketones is 1. The molecule has 0 spiro atoms. The van der Waals surface area contributed by atoms with Crippen molar-refractivity contribution in [3.8, 4) is 0 Å². The maximum Gasteiger partial charge on any atom is 0.316 e. The molecule has 0 N–H and O–H groups in total. The van der Waals surface area contributed by atoms with E-state index in [1.54, 1.807) is 6.92 Å². The SMILES string of the molecule is CCOC(=O)[C@H](C(C)=O)[C@@H](C)CC. The Bertz CT molecular complexity index is 187. The highest BCUT2D eigenvalue weighted by Gasteiger charge is 2.29. The summed E-state index contributed by atoms with van der Waals surface area (Å²) in [6.45, 7) is 7.36. The third-order valence-corrected chi connectivity index (χ3v) is 2.19. The van der Waals surface area contributed by atoms with Gasteiger partial charge in [0.05, 0.1) is 6.61 Å². The summed E-state index contributed by atoms with van der Waals surface area (Å²) in [5.41, 5.74) is 0. The third kappa shape index (κ3) is 3.57. The van der Waals surface area contributed by atoms with E-state index < -0.39 is 5.92 Å². The molecule has 0 radical (unpaired) electrons. The fourth-order valence-electron chi connectivity index (χ4n) is 1.27. The highest BCUT2D eigenvalue weighted by Crippen LogP contribution is 2.17. The molecule has 0 bridgehead atoms. The van der Waals surface area contributed by atoms with Crippen LogP contribution in [0.15, 0.2) is 0 Å². The van der Waals surface area contributed by atoms with Crippen LogP contribution in [0.1, 0.15) is 34.1 Å². The van der Waals surface area contributed by atoms with Gasteiger partial charge in [-0.15, -0.1) is 0 Å². The number of hydrogen-bond acceptors (Lipinski definition) is 3. The molecule has 0 aromatic heterocycles. The Labute approximate surface area is 79.5 Å². The molecular weight excluding hydrogens is 168 g/mol. The molecule has 0 aromatic carbocycles. The minimum Gasteiger partial charge on any atom is -0.465 e. The number of esters is 1. The Hall–Kier alpha value is -0.860. The summed E-state index contributed by atoms with van der Waals surface area (Å²) >= 11 is 0. The van der Waals surface area contributed by atoms with Crippen LogP contribution in [0, 0.1) is 11.8 Å². The number of carbonyl (C=O) groups excluding carboxylic acids is 2. The molecule has 0 saturated carbocycles. The van der Waals surface area contributed by atoms with Gasteiger partial charge in [0.1, 0.15) is 11.7 Å². The predicted octanol–water partition coefficient (Wildman–Crippen LogP) is 1.80. The fourth-order valence-corrected chi connectivity index (χ4v) is 1.27. The largest absolute Gasteiger partial charge is 0.465 e. The van der Waals surface area contributed by atoms with Crippen LogP contribution in [0.2, 0.25) is 0 Å². The second kappa shape index (κ2) is 5.73. The minimum atomic E-state index is -0.579. The predicted molar refractivity (Wildman–Crippen MR) is 50.3 cm³/mol. The monoisotopic (exact) mass is 186 g/mol. The van der Waals surface area contributed by atoms with Crippen LogP contribution < -0.4 is 0 Å². The lowest BCUT2D eigenvalue weighted by atomic mass is 9.89. The van der Waals surface area contributed by atoms with E-state index in [0.29, 0.717) is 6.61 Å². The molecule has 0 aliphatic rings. The first kappa shape index (κ1) is 12.1. The van der Waals surface area contributed by atoms with Gasteiger partial charge in [0, 0.05) is 0 Å². The van der Waals surface area contributed by atoms with Gasteiger partial charge < -0.3 is 4.74 Å². The number of Topliss-reactive ketones (excluding diaryl/α,β-unsaturated/α-hetero) is 1. The summed E-state index contributed by atoms with van der Waals surface area (Å²) in [5.74, 6) is -1.00. The third-order valence-electron chi connectivity index (χ3n) is 2.19. The zero-order chi connectivity index (χ0) is 10.4. The van der Waals surface area contributed by atoms with Gasteiger partial charge in [-0.2, -0.15) is 0 Å². The maximum absolute atomic E-state index is 11.3. The molecule has 0 amide bonds. The molecule has 0 aromatic rings. The lowest BCUT2D eigenvalue weighted by molar-refractivity contribution is -0.153. The molecule has 2 atom stereocenters. The first-order valence-electron chi connectivity index (χ1n) is 4.71. The highest BCUT2D eigenvalue weighted by atomic mass is 16.5. The van der Waals surface area contributed by atoms with Crippen LogP contribution >= 0.6 is 0 Å². The van der Waals surface area contributed by atoms with E-state index in [4.69, 9.17) is 4.74 Å². The molecule has 0 aliphatic heterocycles. The molecule has 76 valence electrons. The van der Waals surface area contributed by atoms with Crippen molar-refractivity contribution in [3.05, 3.63) is 0 Å². The van der Waals surface area contributed by atoms with Crippen LogP contribution in [0.25, 0.3) is 0 Å². The Morgan fingerprint density at radius 1 is 1.31 bits per heavy atom. The van der Waals surface area contributed by atoms with E-state index in [2.05, 4.69) is 0 Å². The summed E-state index contributed by atoms with van der Waals surface area (Å²) in [5, 5.41) is 0. The van der Waals surface area contributed by atoms with Crippen LogP contribution in [0.4, 0.5) is 0 Å². The average molecular weight is 186 g/mol. The second-order valence-electron chi connectivity index (χ2n) is 3.23. The minimum absolute atomic E-state index is 0.0662. The zero-order valence-electron chi connectivity index (χ0n) is 8.79. The smallest absolute Gasteiger partial charge is 0.316 e. The van der Waals surface area contributed by atoms with Gasteiger partial charge in [-0.1, -0.05) is 20.3 Å². The van der Waals surface area contributed by atoms with E-state index in [-0.39, 0.29) is 17.7 Å². The Balaban J connectivity index is 4.41. The average Bonchev–Trinajstić information content (AvgIpc) is 2.04. The fraction of sp³-hybridized carbons (Fsp3) is 0.800. The van der Waals surface area contributed by atoms with Gasteiger partial charge in [-0.3, -0.25) is 9.59 Å². The van der Waals surface area contributed by atoms with Gasteiger partial charge in [-0.25, -0.2) is 0 Å². The second-order valence-corrected chi connectivity index (χ2v) is 3.23. The molecular formula is C10H18O3. The number of hydrogen-bond donors (Lipinski definition) is 0. The molecule has 3 heteroatoms. The number of rotatable bonds is 5. The Kier molecular flexibility index (Phi) is 5.35. The van der Waals surface area contributed by atoms with Crippen molar-refractivity contribution in [1.29, 1.82) is 0 Å². The van der Waals surface area contributed by atoms with Crippen LogP contribution in [-0.4, -0.2) is 18.4 Å². The maximum atomic E-state index is 11.3. The van der Waals surface area contributed by atoms with Crippen molar-refractivity contribution in [1.82, 2.24) is 0 Å². The normalized spacial score (nSPS) is 14.8. The van der Waals surface area contributed by atoms with E-state index in [1.165, 1.54) is 6.92 Å². The Morgan fingerprint density at radius 3 is 2.15 bits per heavy atom. The van der Waals surface area contributed by atoms with Crippen LogP contribution in [0.5, 0.6) is 0 Å². The van der Waals surface area contributed by atoms with Gasteiger partial charge in [0.15, 0.2) is 0 Å². The van der Waals surface area contributed by atoms with E-state index in [0.717, 1.165) is 6.42 Å². The molecule has 0 heterocycles. The summed E-state index contributed by atoms with van der Waals surface area (Å²) in [4.78, 5) is 22.5. The number of carbonyl (C=O) groups is 2. The topological polar surface area (TPSA) is 43.4 Å². The van der Waals surface area contributed by atoms with Crippen LogP contribution in [-0.2, 0) is 14.3 Å². The van der Waals surface area contributed by atoms with E-state index in [1.807, 2.05) is 13.8 Å². The Morgan fingerprint density at radius 2 is 1.85 bits per heavy atom. The van der Waals surface area contributed by atoms with Crippen molar-refractivity contribution in [2.75, 3.05) is 6.61 Å². The molecule has 0 saturated heterocycles. The van der Waals surface area contributed by atoms with Gasteiger partial charge in [-0.05, 0) is 19.8 Å². The number of ether oxygens (including phenoxy) is 1. The molecule has 0 rings (SSSR count). The zero-order valence-corrected chi connectivity index (χ0v) is 8.79. The van der Waals surface area contributed by atoms with Crippen LogP contribution in [0.3, 0.4) is 0 Å². The standard InChI is InChI=1S/C10H18O3/c1-5-7(3)9(8(4)11)10(12)13-6-2/h7,9H,5-6H2,1-4H3/t7-,9-/m0/s1. The van der Waals surface area contributed by atoms with Crippen molar-refractivity contribution >= 4 is 11.8 Å². The summed E-state index contributed by atoms with van der Waals surface area (Å²) in [6.07, 6.45) is 0.809. The van der Waals surface area contributed by atoms with Gasteiger partial charge in [0.2, 0.25) is 0 Å². The first-order chi connectivity index (χ1) is 6.04. The molecule has 0 unspecified atom stereocenters. The lowest BCUT2D eigenvalue weighted by Gasteiger charge is -2.17. The summed E-state index contributed by atoms with van der Waals surface area (Å²) in [7, 11) is 0. The van der Waals surface area contributed by atoms with Crippen molar-refractivity contribution in [3.63, 3.8) is 0 Å². The summed E-state index contributed by atoms with van der Waals surface area (Å²) < 4.78 is 4.83. The molecule has 13 heavy (non-hydrogen) atoms. The molecule has 0 fully saturated rings. The van der Waals surface area contributed by atoms with Crippen molar-refractivity contribution in [2.45, 2.75) is 34.1 Å². The lowest BCUT2D eigenvalue weighted by Crippen LogP contribution is -2.30. The summed E-state index contributed by atoms with van der Waals surface area (Å²) in [6, 6.07) is 0. The quantitative estimate of drug-likeness (QED) is 0.485. The van der Waals surface area contributed by atoms with Gasteiger partial charge >= 0.3 is 5.97 Å². The first-order valence-corrected chi connectivity index (χ1v) is 4.71. The van der Waals surface area contributed by atoms with Gasteiger partial charge in [0.25, 0.3) is 0 Å². The van der Waals surface area contributed by atoms with Crippen molar-refractivity contribution < 1.29 is 14.3 Å². The van der Waals surface area contributed by atoms with E-state index in [9.17, 15) is 9.59 Å². The highest BCUT2D eigenvalue weighted by molar-refractivity contribution is 5.97. The van der Waals surface area contributed by atoms with E-state index >= 15 is 0 Å². The van der Waals surface area contributed by atoms with Crippen molar-refractivity contribution in [2.24, 2.45) is 11.8 Å². The molecule has 0 aliphatic carbocycles.